The van der Waals surface area contributed by atoms with Crippen LogP contribution in [0.2, 0.25) is 0 Å². The highest BCUT2D eigenvalue weighted by molar-refractivity contribution is 5.86. The third-order valence-electron chi connectivity index (χ3n) is 7.01. The molecule has 0 amide bonds. The number of allylic oxidation sites excluding steroid dienone is 1. The van der Waals surface area contributed by atoms with Crippen molar-refractivity contribution in [1.82, 2.24) is 0 Å². The molecule has 4 nitrogen and oxygen atoms in total. The van der Waals surface area contributed by atoms with Gasteiger partial charge in [-0.2, -0.15) is 0 Å². The molecular formula is C28H50O4. The van der Waals surface area contributed by atoms with Gasteiger partial charge in [-0.05, 0) is 51.4 Å². The van der Waals surface area contributed by atoms with Gasteiger partial charge in [0, 0.05) is 0 Å². The Hall–Kier alpha value is -1.32. The number of ether oxygens (including phenoxy) is 1. The highest BCUT2D eigenvalue weighted by Crippen LogP contribution is 2.38. The maximum absolute atomic E-state index is 13.1. The molecule has 0 fully saturated rings. The Morgan fingerprint density at radius 3 is 2.00 bits per heavy atom. The Labute approximate surface area is 197 Å². The number of hydrogen-bond donors (Lipinski definition) is 1. The van der Waals surface area contributed by atoms with E-state index in [9.17, 15) is 14.7 Å². The summed E-state index contributed by atoms with van der Waals surface area (Å²) in [6, 6.07) is 0. The van der Waals surface area contributed by atoms with Crippen molar-refractivity contribution < 1.29 is 19.4 Å². The van der Waals surface area contributed by atoms with Crippen molar-refractivity contribution in [3.05, 3.63) is 12.2 Å². The molecule has 0 spiro atoms. The largest absolute Gasteiger partial charge is 0.481 e. The molecule has 0 saturated heterocycles. The van der Waals surface area contributed by atoms with Crippen molar-refractivity contribution in [3.8, 4) is 0 Å². The first kappa shape index (κ1) is 28.7. The molecule has 0 aromatic rings. The second-order valence-electron chi connectivity index (χ2n) is 10.5. The van der Waals surface area contributed by atoms with Crippen LogP contribution < -0.4 is 0 Å². The van der Waals surface area contributed by atoms with Crippen LogP contribution in [-0.2, 0) is 14.3 Å². The summed E-state index contributed by atoms with van der Waals surface area (Å²) in [6.45, 7) is 8.50. The van der Waals surface area contributed by atoms with Gasteiger partial charge >= 0.3 is 11.9 Å². The molecule has 1 N–H and O–H groups in total. The van der Waals surface area contributed by atoms with Gasteiger partial charge in [0.2, 0.25) is 0 Å². The molecular weight excluding hydrogens is 400 g/mol. The fourth-order valence-electron chi connectivity index (χ4n) is 4.75. The number of esters is 1. The zero-order valence-corrected chi connectivity index (χ0v) is 21.4. The van der Waals surface area contributed by atoms with E-state index >= 15 is 0 Å². The molecule has 3 unspecified atom stereocenters. The van der Waals surface area contributed by atoms with Gasteiger partial charge in [-0.15, -0.1) is 0 Å². The van der Waals surface area contributed by atoms with Crippen LogP contribution >= 0.6 is 0 Å². The first-order valence-corrected chi connectivity index (χ1v) is 13.4. The first-order valence-electron chi connectivity index (χ1n) is 13.4. The lowest BCUT2D eigenvalue weighted by Gasteiger charge is -2.34. The smallest absolute Gasteiger partial charge is 0.316 e. The fraction of sp³-hybridized carbons (Fsp3) is 0.857. The van der Waals surface area contributed by atoms with Crippen LogP contribution in [0.3, 0.4) is 0 Å². The van der Waals surface area contributed by atoms with E-state index in [2.05, 4.69) is 20.8 Å². The number of carboxylic acid groups (broad SMARTS) is 1. The van der Waals surface area contributed by atoms with Crippen molar-refractivity contribution in [3.63, 3.8) is 0 Å². The Morgan fingerprint density at radius 2 is 1.47 bits per heavy atom. The van der Waals surface area contributed by atoms with Crippen LogP contribution in [0.1, 0.15) is 130 Å². The SMILES string of the molecule is CCCCCCCCCC(CCCCCCC(C)C)OC(=O)C1(C)C=CCCC1C(=O)O. The zero-order chi connectivity index (χ0) is 23.8. The van der Waals surface area contributed by atoms with E-state index < -0.39 is 17.3 Å². The summed E-state index contributed by atoms with van der Waals surface area (Å²) >= 11 is 0. The lowest BCUT2D eigenvalue weighted by Crippen LogP contribution is -2.42. The average Bonchev–Trinajstić information content (AvgIpc) is 2.74. The zero-order valence-electron chi connectivity index (χ0n) is 21.4. The van der Waals surface area contributed by atoms with Crippen LogP contribution in [0.5, 0.6) is 0 Å². The molecule has 0 heterocycles. The highest BCUT2D eigenvalue weighted by Gasteiger charge is 2.46. The highest BCUT2D eigenvalue weighted by atomic mass is 16.5. The number of aliphatic carboxylic acids is 1. The number of hydrogen-bond acceptors (Lipinski definition) is 3. The normalized spacial score (nSPS) is 21.6. The van der Waals surface area contributed by atoms with Gasteiger partial charge in [0.25, 0.3) is 0 Å². The molecule has 1 rings (SSSR count). The van der Waals surface area contributed by atoms with E-state index in [1.165, 1.54) is 64.2 Å². The van der Waals surface area contributed by atoms with Gasteiger partial charge < -0.3 is 9.84 Å². The maximum Gasteiger partial charge on any atom is 0.316 e. The first-order chi connectivity index (χ1) is 15.3. The molecule has 4 heteroatoms. The second kappa shape index (κ2) is 16.3. The Balaban J connectivity index is 2.57. The van der Waals surface area contributed by atoms with E-state index in [1.54, 1.807) is 13.0 Å². The van der Waals surface area contributed by atoms with Gasteiger partial charge in [0.05, 0.1) is 11.3 Å². The number of carbonyl (C=O) groups is 2. The van der Waals surface area contributed by atoms with Crippen molar-refractivity contribution in [1.29, 1.82) is 0 Å². The monoisotopic (exact) mass is 450 g/mol. The fourth-order valence-corrected chi connectivity index (χ4v) is 4.75. The minimum Gasteiger partial charge on any atom is -0.481 e. The van der Waals surface area contributed by atoms with Crippen LogP contribution in [0.25, 0.3) is 0 Å². The van der Waals surface area contributed by atoms with Crippen LogP contribution in [0.4, 0.5) is 0 Å². The predicted molar refractivity (Wildman–Crippen MR) is 133 cm³/mol. The standard InChI is InChI=1S/C28H50O4/c1-5-6-7-8-9-10-14-19-24(20-15-12-11-13-18-23(2)3)32-27(31)28(4)22-17-16-21-25(28)26(29)30/h17,22-25H,5-16,18-21H2,1-4H3,(H,29,30). The summed E-state index contributed by atoms with van der Waals surface area (Å²) in [7, 11) is 0. The molecule has 0 bridgehead atoms. The van der Waals surface area contributed by atoms with Crippen LogP contribution in [0.15, 0.2) is 12.2 Å². The van der Waals surface area contributed by atoms with Gasteiger partial charge in [-0.1, -0.05) is 97.1 Å². The Morgan fingerprint density at radius 1 is 0.938 bits per heavy atom. The van der Waals surface area contributed by atoms with Crippen molar-refractivity contribution in [2.75, 3.05) is 0 Å². The molecule has 32 heavy (non-hydrogen) atoms. The number of carboxylic acids is 1. The number of rotatable bonds is 18. The minimum absolute atomic E-state index is 0.0927. The molecule has 3 atom stereocenters. The van der Waals surface area contributed by atoms with Crippen molar-refractivity contribution in [2.45, 2.75) is 137 Å². The van der Waals surface area contributed by atoms with Gasteiger partial charge in [0.15, 0.2) is 0 Å². The molecule has 0 aromatic carbocycles. The quantitative estimate of drug-likeness (QED) is 0.130. The van der Waals surface area contributed by atoms with Crippen LogP contribution in [0, 0.1) is 17.3 Å². The summed E-state index contributed by atoms with van der Waals surface area (Å²) in [6.07, 6.45) is 21.3. The van der Waals surface area contributed by atoms with Crippen molar-refractivity contribution in [2.24, 2.45) is 17.3 Å². The molecule has 0 saturated carbocycles. The summed E-state index contributed by atoms with van der Waals surface area (Å²) < 4.78 is 6.01. The van der Waals surface area contributed by atoms with Gasteiger partial charge in [0.1, 0.15) is 6.10 Å². The Bertz CT molecular complexity index is 554. The summed E-state index contributed by atoms with van der Waals surface area (Å²) in [5.41, 5.74) is -1.06. The second-order valence-corrected chi connectivity index (χ2v) is 10.5. The minimum atomic E-state index is -1.06. The van der Waals surface area contributed by atoms with E-state index in [0.717, 1.165) is 31.6 Å². The molecule has 0 aromatic heterocycles. The van der Waals surface area contributed by atoms with Crippen LogP contribution in [-0.4, -0.2) is 23.1 Å². The Kier molecular flexibility index (Phi) is 14.6. The number of unbranched alkanes of at least 4 members (excludes halogenated alkanes) is 9. The maximum atomic E-state index is 13.1. The van der Waals surface area contributed by atoms with E-state index in [-0.39, 0.29) is 12.1 Å². The molecule has 186 valence electrons. The summed E-state index contributed by atoms with van der Waals surface area (Å²) in [5.74, 6) is -1.20. The molecule has 0 radical (unpaired) electrons. The predicted octanol–water partition coefficient (Wildman–Crippen LogP) is 8.09. The van der Waals surface area contributed by atoms with Gasteiger partial charge in [-0.3, -0.25) is 9.59 Å². The third kappa shape index (κ3) is 11.0. The lowest BCUT2D eigenvalue weighted by atomic mass is 9.71. The summed E-state index contributed by atoms with van der Waals surface area (Å²) in [4.78, 5) is 24.9. The average molecular weight is 451 g/mol. The molecule has 1 aliphatic carbocycles. The third-order valence-corrected chi connectivity index (χ3v) is 7.01. The summed E-state index contributed by atoms with van der Waals surface area (Å²) in [5, 5.41) is 9.64. The van der Waals surface area contributed by atoms with E-state index in [4.69, 9.17) is 4.74 Å². The molecule has 0 aliphatic heterocycles. The van der Waals surface area contributed by atoms with Crippen molar-refractivity contribution >= 4 is 11.9 Å². The lowest BCUT2D eigenvalue weighted by molar-refractivity contribution is -0.168. The number of carbonyl (C=O) groups excluding carboxylic acids is 1. The topological polar surface area (TPSA) is 63.6 Å². The van der Waals surface area contributed by atoms with E-state index in [0.29, 0.717) is 12.8 Å². The molecule has 1 aliphatic rings. The van der Waals surface area contributed by atoms with Gasteiger partial charge in [-0.25, -0.2) is 0 Å². The van der Waals surface area contributed by atoms with E-state index in [1.807, 2.05) is 6.08 Å².